The standard InChI is InChI=1S/C12H20N2/c1-9-6-10(2)14(8-9)12-5-3-4-11(12)7-13/h9-12H,3-6,8H2,1-2H3. The van der Waals surface area contributed by atoms with Crippen LogP contribution in [0.1, 0.15) is 39.5 Å². The van der Waals surface area contributed by atoms with E-state index in [-0.39, 0.29) is 0 Å². The van der Waals surface area contributed by atoms with E-state index in [9.17, 15) is 0 Å². The molecule has 14 heavy (non-hydrogen) atoms. The Hall–Kier alpha value is -0.550. The minimum Gasteiger partial charge on any atom is -0.296 e. The van der Waals surface area contributed by atoms with Crippen LogP contribution in [0.4, 0.5) is 0 Å². The number of hydrogen-bond donors (Lipinski definition) is 0. The van der Waals surface area contributed by atoms with Crippen molar-refractivity contribution < 1.29 is 0 Å². The molecule has 1 aliphatic carbocycles. The Balaban J connectivity index is 2.04. The van der Waals surface area contributed by atoms with E-state index >= 15 is 0 Å². The van der Waals surface area contributed by atoms with Gasteiger partial charge in [0.1, 0.15) is 0 Å². The van der Waals surface area contributed by atoms with Crippen molar-refractivity contribution in [1.29, 1.82) is 5.26 Å². The Kier molecular flexibility index (Phi) is 2.78. The number of hydrogen-bond acceptors (Lipinski definition) is 2. The first-order valence-corrected chi connectivity index (χ1v) is 5.87. The van der Waals surface area contributed by atoms with Crippen molar-refractivity contribution in [2.75, 3.05) is 6.54 Å². The molecule has 0 bridgehead atoms. The van der Waals surface area contributed by atoms with Gasteiger partial charge in [0.2, 0.25) is 0 Å². The van der Waals surface area contributed by atoms with Crippen molar-refractivity contribution >= 4 is 0 Å². The van der Waals surface area contributed by atoms with Gasteiger partial charge in [0.15, 0.2) is 0 Å². The summed E-state index contributed by atoms with van der Waals surface area (Å²) in [5.74, 6) is 1.13. The Bertz CT molecular complexity index is 243. The zero-order valence-electron chi connectivity index (χ0n) is 9.24. The first-order valence-electron chi connectivity index (χ1n) is 5.87. The SMILES string of the molecule is CC1CC(C)N(C2CCCC2C#N)C1. The van der Waals surface area contributed by atoms with Crippen LogP contribution >= 0.6 is 0 Å². The smallest absolute Gasteiger partial charge is 0.0672 e. The number of rotatable bonds is 1. The molecule has 1 saturated heterocycles. The molecule has 0 amide bonds. The topological polar surface area (TPSA) is 27.0 Å². The second-order valence-electron chi connectivity index (χ2n) is 5.12. The van der Waals surface area contributed by atoms with Gasteiger partial charge < -0.3 is 0 Å². The van der Waals surface area contributed by atoms with Crippen LogP contribution in [-0.2, 0) is 0 Å². The summed E-state index contributed by atoms with van der Waals surface area (Å²) in [4.78, 5) is 2.59. The highest BCUT2D eigenvalue weighted by Gasteiger charge is 2.38. The summed E-state index contributed by atoms with van der Waals surface area (Å²) in [6, 6.07) is 3.75. The average molecular weight is 192 g/mol. The Morgan fingerprint density at radius 3 is 2.64 bits per heavy atom. The van der Waals surface area contributed by atoms with Gasteiger partial charge in [-0.05, 0) is 32.1 Å². The largest absolute Gasteiger partial charge is 0.296 e. The molecule has 0 spiro atoms. The molecule has 0 N–H and O–H groups in total. The van der Waals surface area contributed by atoms with Gasteiger partial charge in [-0.25, -0.2) is 0 Å². The molecule has 0 aromatic heterocycles. The third-order valence-electron chi connectivity index (χ3n) is 3.90. The van der Waals surface area contributed by atoms with E-state index in [0.29, 0.717) is 18.0 Å². The van der Waals surface area contributed by atoms with Gasteiger partial charge in [0, 0.05) is 18.6 Å². The van der Waals surface area contributed by atoms with E-state index < -0.39 is 0 Å². The molecule has 1 saturated carbocycles. The van der Waals surface area contributed by atoms with E-state index in [0.717, 1.165) is 12.3 Å². The summed E-state index contributed by atoms with van der Waals surface area (Å²) in [5.41, 5.74) is 0. The molecule has 4 unspecified atom stereocenters. The maximum absolute atomic E-state index is 9.07. The van der Waals surface area contributed by atoms with Crippen LogP contribution in [0, 0.1) is 23.2 Å². The van der Waals surface area contributed by atoms with Gasteiger partial charge >= 0.3 is 0 Å². The molecule has 2 heteroatoms. The predicted molar refractivity (Wildman–Crippen MR) is 56.7 cm³/mol. The molecule has 0 aromatic rings. The van der Waals surface area contributed by atoms with E-state index in [1.807, 2.05) is 0 Å². The molecular weight excluding hydrogens is 172 g/mol. The van der Waals surface area contributed by atoms with Gasteiger partial charge in [0.25, 0.3) is 0 Å². The van der Waals surface area contributed by atoms with Crippen molar-refractivity contribution in [3.8, 4) is 6.07 Å². The quantitative estimate of drug-likeness (QED) is 0.638. The van der Waals surface area contributed by atoms with Crippen LogP contribution < -0.4 is 0 Å². The molecule has 2 fully saturated rings. The molecule has 2 rings (SSSR count). The summed E-state index contributed by atoms with van der Waals surface area (Å²) < 4.78 is 0. The van der Waals surface area contributed by atoms with Gasteiger partial charge in [-0.2, -0.15) is 5.26 Å². The van der Waals surface area contributed by atoms with E-state index in [1.54, 1.807) is 0 Å². The Labute approximate surface area is 86.9 Å². The summed E-state index contributed by atoms with van der Waals surface area (Å²) >= 11 is 0. The van der Waals surface area contributed by atoms with Crippen molar-refractivity contribution in [2.45, 2.75) is 51.6 Å². The highest BCUT2D eigenvalue weighted by molar-refractivity contribution is 5.00. The Morgan fingerprint density at radius 2 is 2.07 bits per heavy atom. The van der Waals surface area contributed by atoms with Crippen LogP contribution in [0.25, 0.3) is 0 Å². The van der Waals surface area contributed by atoms with Crippen LogP contribution in [0.2, 0.25) is 0 Å². The molecule has 1 aliphatic heterocycles. The summed E-state index contributed by atoms with van der Waals surface area (Å²) in [7, 11) is 0. The van der Waals surface area contributed by atoms with Crippen molar-refractivity contribution in [1.82, 2.24) is 4.90 Å². The molecular formula is C12H20N2. The minimum absolute atomic E-state index is 0.308. The Morgan fingerprint density at radius 1 is 1.29 bits per heavy atom. The summed E-state index contributed by atoms with van der Waals surface area (Å²) in [5, 5.41) is 9.07. The molecule has 0 aromatic carbocycles. The van der Waals surface area contributed by atoms with Crippen molar-refractivity contribution in [3.05, 3.63) is 0 Å². The van der Waals surface area contributed by atoms with Gasteiger partial charge in [-0.3, -0.25) is 4.90 Å². The average Bonchev–Trinajstić information content (AvgIpc) is 2.71. The highest BCUT2D eigenvalue weighted by Crippen LogP contribution is 2.35. The molecule has 0 radical (unpaired) electrons. The number of nitriles is 1. The van der Waals surface area contributed by atoms with Gasteiger partial charge in [-0.15, -0.1) is 0 Å². The van der Waals surface area contributed by atoms with Crippen LogP contribution in [-0.4, -0.2) is 23.5 Å². The monoisotopic (exact) mass is 192 g/mol. The zero-order chi connectivity index (χ0) is 10.1. The molecule has 78 valence electrons. The zero-order valence-corrected chi connectivity index (χ0v) is 9.24. The number of likely N-dealkylation sites (tertiary alicyclic amines) is 1. The fourth-order valence-electron chi connectivity index (χ4n) is 3.28. The molecule has 2 nitrogen and oxygen atoms in total. The second-order valence-corrected chi connectivity index (χ2v) is 5.12. The number of nitrogens with zero attached hydrogens (tertiary/aromatic N) is 2. The van der Waals surface area contributed by atoms with Crippen molar-refractivity contribution in [2.24, 2.45) is 11.8 Å². The van der Waals surface area contributed by atoms with Gasteiger partial charge in [-0.1, -0.05) is 13.3 Å². The maximum atomic E-state index is 9.07. The first kappa shape index (κ1) is 9.98. The minimum atomic E-state index is 0.308. The lowest BCUT2D eigenvalue weighted by Crippen LogP contribution is -2.39. The van der Waals surface area contributed by atoms with E-state index in [4.69, 9.17) is 5.26 Å². The highest BCUT2D eigenvalue weighted by atomic mass is 15.2. The van der Waals surface area contributed by atoms with Crippen LogP contribution in [0.3, 0.4) is 0 Å². The summed E-state index contributed by atoms with van der Waals surface area (Å²) in [6.45, 7) is 5.85. The fourth-order valence-corrected chi connectivity index (χ4v) is 3.28. The molecule has 4 atom stereocenters. The lowest BCUT2D eigenvalue weighted by atomic mass is 10.0. The van der Waals surface area contributed by atoms with E-state index in [1.165, 1.54) is 25.8 Å². The lowest BCUT2D eigenvalue weighted by molar-refractivity contribution is 0.169. The summed E-state index contributed by atoms with van der Waals surface area (Å²) in [6.07, 6.45) is 4.93. The third kappa shape index (κ3) is 1.66. The van der Waals surface area contributed by atoms with Crippen LogP contribution in [0.15, 0.2) is 0 Å². The maximum Gasteiger partial charge on any atom is 0.0672 e. The second kappa shape index (κ2) is 3.90. The molecule has 2 aliphatic rings. The third-order valence-corrected chi connectivity index (χ3v) is 3.90. The van der Waals surface area contributed by atoms with Crippen LogP contribution in [0.5, 0.6) is 0 Å². The van der Waals surface area contributed by atoms with E-state index in [2.05, 4.69) is 24.8 Å². The lowest BCUT2D eigenvalue weighted by Gasteiger charge is -2.30. The first-order chi connectivity index (χ1) is 6.72. The van der Waals surface area contributed by atoms with Gasteiger partial charge in [0.05, 0.1) is 12.0 Å². The molecule has 1 heterocycles. The van der Waals surface area contributed by atoms with Crippen molar-refractivity contribution in [3.63, 3.8) is 0 Å². The predicted octanol–water partition coefficient (Wildman–Crippen LogP) is 2.41. The normalized spacial score (nSPS) is 44.1. The fraction of sp³-hybridized carbons (Fsp3) is 0.917.